The predicted octanol–water partition coefficient (Wildman–Crippen LogP) is 3.33. The Morgan fingerprint density at radius 3 is 3.00 bits per heavy atom. The van der Waals surface area contributed by atoms with E-state index in [2.05, 4.69) is 31.5 Å². The zero-order chi connectivity index (χ0) is 11.8. The van der Waals surface area contributed by atoms with Crippen LogP contribution in [0.25, 0.3) is 11.0 Å². The summed E-state index contributed by atoms with van der Waals surface area (Å²) in [6.07, 6.45) is 1.44. The molecule has 1 saturated heterocycles. The monoisotopic (exact) mass is 314 g/mol. The van der Waals surface area contributed by atoms with Crippen LogP contribution in [0.4, 0.5) is 0 Å². The zero-order valence-corrected chi connectivity index (χ0v) is 11.5. The number of hydrogen-bond acceptors (Lipinski definition) is 2. The molecular formula is C12H12BrClN2O. The Morgan fingerprint density at radius 1 is 1.53 bits per heavy atom. The summed E-state index contributed by atoms with van der Waals surface area (Å²) in [6.45, 7) is 1.72. The van der Waals surface area contributed by atoms with E-state index < -0.39 is 0 Å². The maximum Gasteiger partial charge on any atom is 0.124 e. The molecule has 0 bridgehead atoms. The summed E-state index contributed by atoms with van der Waals surface area (Å²) in [7, 11) is 0. The first-order valence-electron chi connectivity index (χ1n) is 5.60. The highest BCUT2D eigenvalue weighted by atomic mass is 79.9. The number of benzene rings is 1. The highest BCUT2D eigenvalue weighted by Crippen LogP contribution is 2.24. The molecule has 0 saturated carbocycles. The molecule has 0 unspecified atom stereocenters. The molecule has 0 spiro atoms. The van der Waals surface area contributed by atoms with Gasteiger partial charge in [-0.2, -0.15) is 0 Å². The number of imidazole rings is 1. The molecule has 1 aromatic heterocycles. The molecule has 0 radical (unpaired) electrons. The summed E-state index contributed by atoms with van der Waals surface area (Å²) in [5.74, 6) is 1.34. The van der Waals surface area contributed by atoms with Crippen molar-refractivity contribution in [2.45, 2.75) is 24.9 Å². The Morgan fingerprint density at radius 2 is 2.35 bits per heavy atom. The van der Waals surface area contributed by atoms with E-state index in [0.29, 0.717) is 12.0 Å². The van der Waals surface area contributed by atoms with Crippen molar-refractivity contribution in [3.63, 3.8) is 0 Å². The molecule has 1 aromatic carbocycles. The van der Waals surface area contributed by atoms with Gasteiger partial charge in [0.15, 0.2) is 0 Å². The number of hydrogen-bond donors (Lipinski definition) is 0. The summed E-state index contributed by atoms with van der Waals surface area (Å²) in [6, 6.07) is 6.12. The molecule has 2 aromatic rings. The minimum Gasteiger partial charge on any atom is -0.376 e. The first-order valence-corrected chi connectivity index (χ1v) is 6.93. The van der Waals surface area contributed by atoms with Crippen LogP contribution in [-0.4, -0.2) is 22.3 Å². The average Bonchev–Trinajstić information content (AvgIpc) is 2.60. The second-order valence-electron chi connectivity index (χ2n) is 4.19. The predicted molar refractivity (Wildman–Crippen MR) is 71.3 cm³/mol. The van der Waals surface area contributed by atoms with Crippen molar-refractivity contribution in [2.75, 3.05) is 6.61 Å². The normalized spacial score (nSPS) is 19.5. The minimum atomic E-state index is 0.318. The van der Waals surface area contributed by atoms with E-state index in [1.54, 1.807) is 0 Å². The van der Waals surface area contributed by atoms with Gasteiger partial charge < -0.3 is 9.30 Å². The molecule has 0 N–H and O–H groups in total. The summed E-state index contributed by atoms with van der Waals surface area (Å²) in [5.41, 5.74) is 2.11. The third-order valence-corrected chi connectivity index (χ3v) is 3.82. The van der Waals surface area contributed by atoms with Crippen molar-refractivity contribution >= 4 is 38.6 Å². The molecule has 0 amide bonds. The molecule has 3 nitrogen and oxygen atoms in total. The molecule has 3 rings (SSSR count). The Hall–Kier alpha value is -0.580. The average molecular weight is 316 g/mol. The van der Waals surface area contributed by atoms with Crippen molar-refractivity contribution in [3.8, 4) is 0 Å². The molecule has 1 atom stereocenters. The smallest absolute Gasteiger partial charge is 0.124 e. The molecule has 1 fully saturated rings. The van der Waals surface area contributed by atoms with E-state index in [4.69, 9.17) is 16.3 Å². The highest BCUT2D eigenvalue weighted by Gasteiger charge is 2.21. The van der Waals surface area contributed by atoms with Crippen LogP contribution >= 0.6 is 27.5 Å². The van der Waals surface area contributed by atoms with Crippen molar-refractivity contribution < 1.29 is 4.74 Å². The van der Waals surface area contributed by atoms with Gasteiger partial charge in [0.2, 0.25) is 0 Å². The van der Waals surface area contributed by atoms with Crippen molar-refractivity contribution in [2.24, 2.45) is 0 Å². The third-order valence-electron chi connectivity index (χ3n) is 3.09. The van der Waals surface area contributed by atoms with Crippen molar-refractivity contribution in [1.82, 2.24) is 9.55 Å². The number of nitrogens with zero attached hydrogens (tertiary/aromatic N) is 2. The van der Waals surface area contributed by atoms with Crippen LogP contribution in [0.2, 0.25) is 0 Å². The lowest BCUT2D eigenvalue weighted by Crippen LogP contribution is -2.31. The van der Waals surface area contributed by atoms with Gasteiger partial charge in [-0.3, -0.25) is 0 Å². The van der Waals surface area contributed by atoms with Gasteiger partial charge in [-0.25, -0.2) is 4.98 Å². The number of rotatable bonds is 3. The van der Waals surface area contributed by atoms with Crippen LogP contribution in [0.3, 0.4) is 0 Å². The lowest BCUT2D eigenvalue weighted by Gasteiger charge is -2.27. The van der Waals surface area contributed by atoms with Crippen LogP contribution in [0, 0.1) is 0 Å². The molecule has 90 valence electrons. The summed E-state index contributed by atoms with van der Waals surface area (Å²) >= 11 is 9.41. The van der Waals surface area contributed by atoms with Crippen LogP contribution in [-0.2, 0) is 17.2 Å². The Bertz CT molecular complexity index is 551. The van der Waals surface area contributed by atoms with E-state index >= 15 is 0 Å². The number of halogens is 2. The van der Waals surface area contributed by atoms with Crippen LogP contribution in [0.15, 0.2) is 22.7 Å². The van der Waals surface area contributed by atoms with E-state index in [9.17, 15) is 0 Å². The van der Waals surface area contributed by atoms with Crippen LogP contribution in [0.5, 0.6) is 0 Å². The quantitative estimate of drug-likeness (QED) is 0.812. The molecule has 5 heteroatoms. The van der Waals surface area contributed by atoms with E-state index in [0.717, 1.165) is 40.9 Å². The fourth-order valence-electron chi connectivity index (χ4n) is 2.09. The third kappa shape index (κ3) is 2.09. The van der Waals surface area contributed by atoms with Crippen molar-refractivity contribution in [1.29, 1.82) is 0 Å². The van der Waals surface area contributed by atoms with Gasteiger partial charge in [-0.05, 0) is 24.6 Å². The van der Waals surface area contributed by atoms with E-state index in [-0.39, 0.29) is 0 Å². The fraction of sp³-hybridized carbons (Fsp3) is 0.417. The standard InChI is InChI=1S/C12H12BrClN2O/c13-8-1-2-11-10(5-8)15-12(6-14)16(11)7-9-3-4-17-9/h1-2,5,9H,3-4,6-7H2/t9-/m0/s1. The minimum absolute atomic E-state index is 0.318. The van der Waals surface area contributed by atoms with E-state index in [1.807, 2.05) is 12.1 Å². The Balaban J connectivity index is 2.05. The Labute approximate surface area is 113 Å². The topological polar surface area (TPSA) is 27.1 Å². The van der Waals surface area contributed by atoms with Crippen molar-refractivity contribution in [3.05, 3.63) is 28.5 Å². The molecule has 2 heterocycles. The maximum absolute atomic E-state index is 5.95. The SMILES string of the molecule is ClCc1nc2cc(Br)ccc2n1C[C@@H]1CCO1. The Kier molecular flexibility index (Phi) is 3.11. The summed E-state index contributed by atoms with van der Waals surface area (Å²) < 4.78 is 8.68. The first-order chi connectivity index (χ1) is 8.28. The summed E-state index contributed by atoms with van der Waals surface area (Å²) in [4.78, 5) is 4.55. The fourth-order valence-corrected chi connectivity index (χ4v) is 2.64. The summed E-state index contributed by atoms with van der Waals surface area (Å²) in [5, 5.41) is 0. The first kappa shape index (κ1) is 11.5. The zero-order valence-electron chi connectivity index (χ0n) is 9.20. The van der Waals surface area contributed by atoms with Gasteiger partial charge >= 0.3 is 0 Å². The number of aromatic nitrogens is 2. The molecule has 1 aliphatic heterocycles. The molecule has 17 heavy (non-hydrogen) atoms. The molecule has 0 aliphatic carbocycles. The number of fused-ring (bicyclic) bond motifs is 1. The van der Waals surface area contributed by atoms with Gasteiger partial charge in [0, 0.05) is 11.1 Å². The second-order valence-corrected chi connectivity index (χ2v) is 5.37. The van der Waals surface area contributed by atoms with Gasteiger partial charge in [0.1, 0.15) is 5.82 Å². The number of ether oxygens (including phenoxy) is 1. The van der Waals surface area contributed by atoms with E-state index in [1.165, 1.54) is 0 Å². The largest absolute Gasteiger partial charge is 0.376 e. The lowest BCUT2D eigenvalue weighted by molar-refractivity contribution is -0.0589. The molecular weight excluding hydrogens is 304 g/mol. The van der Waals surface area contributed by atoms with Gasteiger partial charge in [-0.1, -0.05) is 15.9 Å². The number of alkyl halides is 1. The van der Waals surface area contributed by atoms with Crippen LogP contribution in [0.1, 0.15) is 12.2 Å². The van der Waals surface area contributed by atoms with Gasteiger partial charge in [-0.15, -0.1) is 11.6 Å². The van der Waals surface area contributed by atoms with Crippen LogP contribution < -0.4 is 0 Å². The van der Waals surface area contributed by atoms with Gasteiger partial charge in [0.25, 0.3) is 0 Å². The van der Waals surface area contributed by atoms with Gasteiger partial charge in [0.05, 0.1) is 29.6 Å². The highest BCUT2D eigenvalue weighted by molar-refractivity contribution is 9.10. The lowest BCUT2D eigenvalue weighted by atomic mass is 10.2. The molecule has 1 aliphatic rings. The maximum atomic E-state index is 5.95. The second kappa shape index (κ2) is 4.59.